The predicted molar refractivity (Wildman–Crippen MR) is 258 cm³/mol. The molecule has 0 saturated heterocycles. The van der Waals surface area contributed by atoms with Gasteiger partial charge in [0.05, 0.1) is 48.1 Å². The molecule has 11 N–H and O–H groups in total. The number of hydrogen-bond acceptors (Lipinski definition) is 18. The second-order valence-corrected chi connectivity index (χ2v) is 18.3. The largest absolute Gasteiger partial charge is 2.00 e. The molecular formula is C45H39N10NiO12S3+. The van der Waals surface area contributed by atoms with E-state index >= 15 is 0 Å². The third kappa shape index (κ3) is 14.2. The van der Waals surface area contributed by atoms with Gasteiger partial charge in [0.15, 0.2) is 0 Å². The molecule has 71 heavy (non-hydrogen) atoms. The Labute approximate surface area is 414 Å². The second kappa shape index (κ2) is 23.7. The molecule has 26 heteroatoms. The van der Waals surface area contributed by atoms with Crippen molar-refractivity contribution >= 4 is 109 Å². The summed E-state index contributed by atoms with van der Waals surface area (Å²) in [6.07, 6.45) is 7.21. The van der Waals surface area contributed by atoms with Gasteiger partial charge in [-0.3, -0.25) is 30.6 Å². The molecule has 22 nitrogen and oxygen atoms in total. The number of rotatable bonds is 9. The van der Waals surface area contributed by atoms with E-state index in [2.05, 4.69) is 99.4 Å². The summed E-state index contributed by atoms with van der Waals surface area (Å²) in [6.45, 7) is 0. The van der Waals surface area contributed by atoms with Crippen molar-refractivity contribution in [2.24, 2.45) is 0 Å². The maximum absolute atomic E-state index is 11.2. The number of pyridine rings is 4. The molecule has 0 spiro atoms. The van der Waals surface area contributed by atoms with Crippen LogP contribution in [0.4, 0.5) is 34.9 Å². The molecule has 10 rings (SSSR count). The molecule has 0 aliphatic rings. The van der Waals surface area contributed by atoms with Gasteiger partial charge < -0.3 is 35.4 Å². The van der Waals surface area contributed by atoms with Gasteiger partial charge in [-0.25, -0.2) is 30.2 Å². The Morgan fingerprint density at radius 3 is 0.887 bits per heavy atom. The van der Waals surface area contributed by atoms with Gasteiger partial charge in [-0.05, 0) is 97.1 Å². The van der Waals surface area contributed by atoms with Gasteiger partial charge in [0, 0.05) is 52.0 Å². The Hall–Kier alpha value is -7.75. The molecule has 0 atom stereocenters. The van der Waals surface area contributed by atoms with Crippen molar-refractivity contribution in [2.45, 2.75) is 14.7 Å². The van der Waals surface area contributed by atoms with E-state index in [-0.39, 0.29) is 50.8 Å². The molecular weight excluding hydrogens is 1030 g/mol. The molecule has 0 aliphatic carbocycles. The Kier molecular flexibility index (Phi) is 18.6. The summed E-state index contributed by atoms with van der Waals surface area (Å²) < 4.78 is 101. The third-order valence-corrected chi connectivity index (χ3v) is 12.1. The van der Waals surface area contributed by atoms with Crippen molar-refractivity contribution in [3.05, 3.63) is 170 Å². The van der Waals surface area contributed by atoms with Crippen LogP contribution in [0.3, 0.4) is 0 Å². The Balaban J connectivity index is 0.000000277. The maximum atomic E-state index is 11.2. The van der Waals surface area contributed by atoms with E-state index in [1.807, 2.05) is 24.3 Å². The average molecular weight is 1070 g/mol. The number of fused-ring (bicyclic) bond motifs is 6. The molecule has 10 aromatic rings. The zero-order valence-corrected chi connectivity index (χ0v) is 39.6. The van der Waals surface area contributed by atoms with Gasteiger partial charge in [-0.15, -0.1) is 0 Å². The molecule has 0 bridgehead atoms. The molecule has 0 fully saturated rings. The van der Waals surface area contributed by atoms with E-state index in [0.29, 0.717) is 17.1 Å². The Bertz CT molecular complexity index is 3330. The van der Waals surface area contributed by atoms with E-state index in [0.717, 1.165) is 80.0 Å². The average Bonchev–Trinajstić information content (AvgIpc) is 3.31. The number of benzene rings is 5. The normalized spacial score (nSPS) is 10.9. The van der Waals surface area contributed by atoms with E-state index in [1.165, 1.54) is 36.4 Å². The first-order chi connectivity index (χ1) is 32.1. The summed E-state index contributed by atoms with van der Waals surface area (Å²) in [5.74, 6) is 0.0875. The minimum absolute atomic E-state index is 0. The van der Waals surface area contributed by atoms with Crippen molar-refractivity contribution in [3.63, 3.8) is 0 Å². The summed E-state index contributed by atoms with van der Waals surface area (Å²) >= 11 is 0. The van der Waals surface area contributed by atoms with Crippen molar-refractivity contribution in [1.29, 1.82) is 0 Å². The van der Waals surface area contributed by atoms with Crippen LogP contribution in [0.25, 0.3) is 43.6 Å². The second-order valence-electron chi connectivity index (χ2n) is 14.1. The number of H-pyrrole nitrogens is 1. The summed E-state index contributed by atoms with van der Waals surface area (Å²) in [7, 11) is -13.9. The van der Waals surface area contributed by atoms with E-state index in [9.17, 15) is 38.9 Å². The predicted octanol–water partition coefficient (Wildman–Crippen LogP) is 4.23. The van der Waals surface area contributed by atoms with Crippen molar-refractivity contribution in [3.8, 4) is 0 Å². The summed E-state index contributed by atoms with van der Waals surface area (Å²) in [6, 6.07) is 38.8. The Morgan fingerprint density at radius 1 is 0.380 bits per heavy atom. The monoisotopic (exact) mass is 1070 g/mol. The minimum Gasteiger partial charge on any atom is -0.744 e. The Morgan fingerprint density at radius 2 is 0.634 bits per heavy atom. The van der Waals surface area contributed by atoms with Gasteiger partial charge in [0.25, 0.3) is 0 Å². The fourth-order valence-electron chi connectivity index (χ4n) is 6.46. The topological polar surface area (TPSA) is 395 Å². The number of nitrogens with zero attached hydrogens (tertiary/aromatic N) is 6. The maximum Gasteiger partial charge on any atom is 2.00 e. The summed E-state index contributed by atoms with van der Waals surface area (Å²) in [5.41, 5.74) is 4.90. The zero-order chi connectivity index (χ0) is 47.2. The molecule has 368 valence electrons. The van der Waals surface area contributed by atoms with Crippen molar-refractivity contribution in [2.75, 3.05) is 16.0 Å². The van der Waals surface area contributed by atoms with E-state index in [4.69, 9.17) is 0 Å². The minimum atomic E-state index is -4.65. The van der Waals surface area contributed by atoms with Gasteiger partial charge >= 0.3 is 34.3 Å². The fraction of sp³-hybridized carbons (Fsp3) is 0. The molecule has 5 aromatic carbocycles. The first-order valence-corrected chi connectivity index (χ1v) is 23.8. The van der Waals surface area contributed by atoms with E-state index < -0.39 is 45.0 Å². The van der Waals surface area contributed by atoms with Crippen LogP contribution in [0.5, 0.6) is 0 Å². The first kappa shape index (κ1) is 55.8. The smallest absolute Gasteiger partial charge is 0.744 e. The van der Waals surface area contributed by atoms with Crippen LogP contribution >= 0.6 is 0 Å². The molecule has 5 heterocycles. The van der Waals surface area contributed by atoms with Crippen LogP contribution < -0.4 is 20.9 Å². The number of aromatic amines is 1. The van der Waals surface area contributed by atoms with Crippen LogP contribution in [0.15, 0.2) is 185 Å². The van der Waals surface area contributed by atoms with Crippen LogP contribution in [-0.2, 0) is 52.3 Å². The molecule has 0 saturated carbocycles. The van der Waals surface area contributed by atoms with Crippen molar-refractivity contribution < 1.29 is 76.8 Å². The van der Waals surface area contributed by atoms with E-state index in [1.54, 1.807) is 24.8 Å². The molecule has 0 aliphatic heterocycles. The fourth-order valence-corrected chi connectivity index (χ4v) is 7.86. The number of hydrogen-bond donors (Lipinski definition) is 3. The number of anilines is 6. The molecule has 0 radical (unpaired) electrons. The number of nitrogens with one attached hydrogen (secondary N) is 4. The summed E-state index contributed by atoms with van der Waals surface area (Å²) in [4.78, 5) is 27.4. The molecule has 0 amide bonds. The quantitative estimate of drug-likeness (QED) is 0.0788. The third-order valence-electron chi connectivity index (χ3n) is 9.57. The molecule has 5 aromatic heterocycles. The van der Waals surface area contributed by atoms with Crippen LogP contribution in [0.2, 0.25) is 0 Å². The van der Waals surface area contributed by atoms with Crippen LogP contribution in [0, 0.1) is 0 Å². The van der Waals surface area contributed by atoms with Crippen LogP contribution in [-0.4, -0.2) is 79.8 Å². The first-order valence-electron chi connectivity index (χ1n) is 19.5. The van der Waals surface area contributed by atoms with Crippen LogP contribution in [0.1, 0.15) is 0 Å². The standard InChI is InChI=1S/C21H18N6O9S3.2C12H8N2.Ni.3H2O/c28-37(29,30)16-7-1-13(2-8-16)22-19-25-20(23-14-3-9-17(10-4-14)38(31,32)33)27-21(26-19)24-15-5-11-18(12-6-15)39(34,35)36;2*1-3-9-5-6-10-4-2-8-14-12(10)11(9)13-7-1;;;;/h1-12H,(H,28,29,30)(H,31,32,33)(H,34,35,36)(H3,22,23,24,25,26,27);2*1-8H;;3*1H2/q;;;+2;;;/p-1. The zero-order valence-electron chi connectivity index (χ0n) is 36.1. The van der Waals surface area contributed by atoms with Gasteiger partial charge in [0.2, 0.25) is 0 Å². The van der Waals surface area contributed by atoms with Gasteiger partial charge in [0.1, 0.15) is 30.4 Å². The van der Waals surface area contributed by atoms with Gasteiger partial charge in [-0.2, -0.15) is 0 Å². The SMILES string of the molecule is O.O.O=S(=O)([O-])c1ccc(Nc2nc(Nc3ccc(S(=O)(=O)[O-])cc3)[nH+]c(Nc3ccc(S(=O)(=O)[O-])cc3)n2)cc1.[Ni+2].[OH3+].c1cnc2c(c1)ccc1cccnc12.c1cnc2c(c1)ccc1cccnc12. The van der Waals surface area contributed by atoms with Gasteiger partial charge in [-0.1, -0.05) is 58.5 Å². The molecule has 0 unspecified atom stereocenters. The summed E-state index contributed by atoms with van der Waals surface area (Å²) in [5, 5.41) is 13.1. The van der Waals surface area contributed by atoms with Crippen molar-refractivity contribution in [1.82, 2.24) is 29.9 Å². The number of aromatic nitrogens is 7.